The average Bonchev–Trinajstić information content (AvgIpc) is 2.58. The lowest BCUT2D eigenvalue weighted by Crippen LogP contribution is -2.31. The average molecular weight is 399 g/mol. The first kappa shape index (κ1) is 18.2. The minimum Gasteiger partial charge on any atom is -0.399 e. The third kappa shape index (κ3) is 4.14. The fourth-order valence-electron chi connectivity index (χ4n) is 2.99. The van der Waals surface area contributed by atoms with E-state index in [1.807, 2.05) is 12.1 Å². The van der Waals surface area contributed by atoms with E-state index in [0.717, 1.165) is 31.6 Å². The van der Waals surface area contributed by atoms with Gasteiger partial charge in [0.25, 0.3) is 5.91 Å². The van der Waals surface area contributed by atoms with Crippen LogP contribution in [0.5, 0.6) is 0 Å². The number of halogens is 3. The monoisotopic (exact) mass is 397 g/mol. The van der Waals surface area contributed by atoms with Crippen LogP contribution < -0.4 is 16.0 Å². The molecule has 3 rings (SSSR count). The molecule has 4 nitrogen and oxygen atoms in total. The fourth-order valence-corrected chi connectivity index (χ4v) is 3.90. The van der Waals surface area contributed by atoms with Gasteiger partial charge < -0.3 is 16.0 Å². The van der Waals surface area contributed by atoms with Crippen LogP contribution in [0, 0.1) is 0 Å². The van der Waals surface area contributed by atoms with Crippen molar-refractivity contribution in [1.82, 2.24) is 0 Å². The second kappa shape index (κ2) is 7.73. The van der Waals surface area contributed by atoms with E-state index in [-0.39, 0.29) is 16.0 Å². The van der Waals surface area contributed by atoms with Crippen LogP contribution in [0.4, 0.5) is 17.1 Å². The SMILES string of the molecule is Nc1ccc(N2CCCCC2)c(C(=O)Nc2c(Cl)cc(Cl)cc2Cl)c1. The zero-order valence-corrected chi connectivity index (χ0v) is 15.8. The van der Waals surface area contributed by atoms with E-state index in [1.54, 1.807) is 6.07 Å². The van der Waals surface area contributed by atoms with E-state index in [1.165, 1.54) is 18.6 Å². The number of amides is 1. The van der Waals surface area contributed by atoms with Crippen molar-refractivity contribution in [3.8, 4) is 0 Å². The lowest BCUT2D eigenvalue weighted by molar-refractivity contribution is 0.102. The van der Waals surface area contributed by atoms with Gasteiger partial charge in [-0.25, -0.2) is 0 Å². The molecule has 132 valence electrons. The van der Waals surface area contributed by atoms with Crippen LogP contribution in [0.25, 0.3) is 0 Å². The Morgan fingerprint density at radius 1 is 1.00 bits per heavy atom. The van der Waals surface area contributed by atoms with E-state index >= 15 is 0 Å². The molecule has 0 spiro atoms. The number of carbonyl (C=O) groups is 1. The molecule has 1 saturated heterocycles. The Balaban J connectivity index is 1.93. The van der Waals surface area contributed by atoms with Crippen LogP contribution in [0.1, 0.15) is 29.6 Å². The van der Waals surface area contributed by atoms with E-state index in [2.05, 4.69) is 10.2 Å². The van der Waals surface area contributed by atoms with Crippen molar-refractivity contribution in [1.29, 1.82) is 0 Å². The van der Waals surface area contributed by atoms with Crippen LogP contribution in [-0.2, 0) is 0 Å². The topological polar surface area (TPSA) is 58.4 Å². The van der Waals surface area contributed by atoms with Gasteiger partial charge in [-0.3, -0.25) is 4.79 Å². The summed E-state index contributed by atoms with van der Waals surface area (Å²) in [5.41, 5.74) is 8.14. The first-order valence-corrected chi connectivity index (χ1v) is 9.19. The van der Waals surface area contributed by atoms with Crippen LogP contribution in [-0.4, -0.2) is 19.0 Å². The molecule has 0 aliphatic carbocycles. The smallest absolute Gasteiger partial charge is 0.257 e. The molecule has 0 unspecified atom stereocenters. The van der Waals surface area contributed by atoms with Gasteiger partial charge in [0.15, 0.2) is 0 Å². The molecule has 25 heavy (non-hydrogen) atoms. The highest BCUT2D eigenvalue weighted by Gasteiger charge is 2.20. The number of nitrogen functional groups attached to an aromatic ring is 1. The van der Waals surface area contributed by atoms with E-state index in [9.17, 15) is 4.79 Å². The van der Waals surface area contributed by atoms with Gasteiger partial charge in [0, 0.05) is 29.5 Å². The van der Waals surface area contributed by atoms with Crippen LogP contribution in [0.3, 0.4) is 0 Å². The second-order valence-corrected chi connectivity index (χ2v) is 7.27. The molecule has 0 saturated carbocycles. The number of nitrogens with zero attached hydrogens (tertiary/aromatic N) is 1. The number of hydrogen-bond acceptors (Lipinski definition) is 3. The lowest BCUT2D eigenvalue weighted by atomic mass is 10.1. The third-order valence-electron chi connectivity index (χ3n) is 4.21. The van der Waals surface area contributed by atoms with Crippen molar-refractivity contribution in [2.24, 2.45) is 0 Å². The van der Waals surface area contributed by atoms with Gasteiger partial charge in [0.1, 0.15) is 0 Å². The van der Waals surface area contributed by atoms with Crippen molar-refractivity contribution in [3.05, 3.63) is 51.0 Å². The third-order valence-corrected chi connectivity index (χ3v) is 5.02. The molecular weight excluding hydrogens is 381 g/mol. The normalized spacial score (nSPS) is 14.4. The predicted octanol–water partition coefficient (Wildman–Crippen LogP) is 5.47. The van der Waals surface area contributed by atoms with Crippen LogP contribution in [0.15, 0.2) is 30.3 Å². The zero-order valence-electron chi connectivity index (χ0n) is 13.5. The minimum absolute atomic E-state index is 0.286. The molecule has 0 atom stereocenters. The van der Waals surface area contributed by atoms with Crippen molar-refractivity contribution in [3.63, 3.8) is 0 Å². The Morgan fingerprint density at radius 2 is 1.64 bits per heavy atom. The second-order valence-electron chi connectivity index (χ2n) is 6.02. The molecule has 1 heterocycles. The summed E-state index contributed by atoms with van der Waals surface area (Å²) in [6, 6.07) is 8.45. The van der Waals surface area contributed by atoms with Crippen LogP contribution >= 0.6 is 34.8 Å². The molecular formula is C18H18Cl3N3O. The maximum absolute atomic E-state index is 12.9. The summed E-state index contributed by atoms with van der Waals surface area (Å²) in [5.74, 6) is -0.306. The van der Waals surface area contributed by atoms with E-state index < -0.39 is 0 Å². The fraction of sp³-hybridized carbons (Fsp3) is 0.278. The highest BCUT2D eigenvalue weighted by atomic mass is 35.5. The molecule has 0 bridgehead atoms. The summed E-state index contributed by atoms with van der Waals surface area (Å²) in [6.07, 6.45) is 3.43. The summed E-state index contributed by atoms with van der Waals surface area (Å²) in [5, 5.41) is 3.77. The predicted molar refractivity (Wildman–Crippen MR) is 106 cm³/mol. The summed E-state index contributed by atoms with van der Waals surface area (Å²) >= 11 is 18.3. The maximum Gasteiger partial charge on any atom is 0.257 e. The maximum atomic E-state index is 12.9. The molecule has 0 radical (unpaired) electrons. The van der Waals surface area contributed by atoms with Gasteiger partial charge in [-0.05, 0) is 49.6 Å². The largest absolute Gasteiger partial charge is 0.399 e. The Labute approximate surface area is 161 Å². The number of piperidine rings is 1. The summed E-state index contributed by atoms with van der Waals surface area (Å²) < 4.78 is 0. The Morgan fingerprint density at radius 3 is 2.28 bits per heavy atom. The summed E-state index contributed by atoms with van der Waals surface area (Å²) in [7, 11) is 0. The van der Waals surface area contributed by atoms with Gasteiger partial charge in [0.2, 0.25) is 0 Å². The lowest BCUT2D eigenvalue weighted by Gasteiger charge is -2.30. The molecule has 2 aromatic carbocycles. The molecule has 1 aliphatic heterocycles. The number of nitrogens with two attached hydrogens (primary N) is 1. The van der Waals surface area contributed by atoms with Crippen molar-refractivity contribution in [2.45, 2.75) is 19.3 Å². The quantitative estimate of drug-likeness (QED) is 0.674. The summed E-state index contributed by atoms with van der Waals surface area (Å²) in [6.45, 7) is 1.85. The number of nitrogens with one attached hydrogen (secondary N) is 1. The molecule has 1 amide bonds. The van der Waals surface area contributed by atoms with Crippen LogP contribution in [0.2, 0.25) is 15.1 Å². The van der Waals surface area contributed by atoms with Crippen molar-refractivity contribution < 1.29 is 4.79 Å². The molecule has 2 aromatic rings. The van der Waals surface area contributed by atoms with Gasteiger partial charge in [-0.2, -0.15) is 0 Å². The van der Waals surface area contributed by atoms with Crippen molar-refractivity contribution >= 4 is 57.8 Å². The highest BCUT2D eigenvalue weighted by molar-refractivity contribution is 6.42. The van der Waals surface area contributed by atoms with Gasteiger partial charge in [0.05, 0.1) is 21.3 Å². The standard InChI is InChI=1S/C18H18Cl3N3O/c19-11-8-14(20)17(15(21)9-11)23-18(25)13-10-12(22)4-5-16(13)24-6-2-1-3-7-24/h4-5,8-10H,1-3,6-7,22H2,(H,23,25). The molecule has 1 fully saturated rings. The Bertz CT molecular complexity index is 781. The van der Waals surface area contributed by atoms with Gasteiger partial charge in [-0.15, -0.1) is 0 Å². The number of benzene rings is 2. The van der Waals surface area contributed by atoms with E-state index in [0.29, 0.717) is 22.0 Å². The molecule has 7 heteroatoms. The summed E-state index contributed by atoms with van der Waals surface area (Å²) in [4.78, 5) is 15.1. The number of anilines is 3. The first-order valence-electron chi connectivity index (χ1n) is 8.06. The first-order chi connectivity index (χ1) is 12.0. The number of rotatable bonds is 3. The zero-order chi connectivity index (χ0) is 18.0. The molecule has 1 aliphatic rings. The van der Waals surface area contributed by atoms with E-state index in [4.69, 9.17) is 40.5 Å². The van der Waals surface area contributed by atoms with Gasteiger partial charge in [-0.1, -0.05) is 34.8 Å². The minimum atomic E-state index is -0.306. The number of carbonyl (C=O) groups excluding carboxylic acids is 1. The molecule has 0 aromatic heterocycles. The van der Waals surface area contributed by atoms with Crippen molar-refractivity contribution in [2.75, 3.05) is 29.0 Å². The number of hydrogen-bond donors (Lipinski definition) is 2. The Hall–Kier alpha value is -1.62. The van der Waals surface area contributed by atoms with Gasteiger partial charge >= 0.3 is 0 Å². The Kier molecular flexibility index (Phi) is 5.62. The molecule has 3 N–H and O–H groups in total. The highest BCUT2D eigenvalue weighted by Crippen LogP contribution is 2.35.